The smallest absolute Gasteiger partial charge is 1.00 e. The molecule has 0 aliphatic rings. The Bertz CT molecular complexity index is 314. The minimum absolute atomic E-state index is 0. The Balaban J connectivity index is -0.000000653. The first kappa shape index (κ1) is 21.8. The van der Waals surface area contributed by atoms with E-state index in [2.05, 4.69) is 15.0 Å². The summed E-state index contributed by atoms with van der Waals surface area (Å²) in [6.07, 6.45) is 3.56. The summed E-state index contributed by atoms with van der Waals surface area (Å²) in [5.41, 5.74) is 1.76. The number of nitrogens with zero attached hydrogens (tertiary/aromatic N) is 3. The summed E-state index contributed by atoms with van der Waals surface area (Å²) in [5, 5.41) is 0. The van der Waals surface area contributed by atoms with Crippen LogP contribution in [0.3, 0.4) is 0 Å². The molecule has 0 spiro atoms. The van der Waals surface area contributed by atoms with Crippen LogP contribution in [0.25, 0.3) is 0 Å². The first-order valence-corrected chi connectivity index (χ1v) is 4.83. The summed E-state index contributed by atoms with van der Waals surface area (Å²) in [6.45, 7) is 5.57. The molecule has 17 heavy (non-hydrogen) atoms. The Morgan fingerprint density at radius 2 is 1.41 bits per heavy atom. The Morgan fingerprint density at radius 3 is 1.76 bits per heavy atom. The molecule has 0 saturated heterocycles. The molecule has 0 aliphatic carbocycles. The molecule has 1 aromatic heterocycles. The van der Waals surface area contributed by atoms with Crippen LogP contribution < -0.4 is 24.8 Å². The summed E-state index contributed by atoms with van der Waals surface area (Å²) in [7, 11) is 0. The van der Waals surface area contributed by atoms with Gasteiger partial charge in [-0.3, -0.25) is 9.98 Å². The molecule has 0 N–H and O–H groups in total. The quantitative estimate of drug-likeness (QED) is 0.412. The maximum Gasteiger partial charge on any atom is 2.00 e. The topological polar surface area (TPSA) is 37.6 Å². The average molecular weight is 316 g/mol. The Morgan fingerprint density at radius 1 is 1.00 bits per heavy atom. The molecule has 96 valence electrons. The van der Waals surface area contributed by atoms with Crippen LogP contribution in [-0.2, 0) is 17.1 Å². The Labute approximate surface area is 126 Å². The normalized spacial score (nSPS) is 9.53. The summed E-state index contributed by atoms with van der Waals surface area (Å²) in [6, 6.07) is 5.83. The van der Waals surface area contributed by atoms with Gasteiger partial charge in [-0.15, -0.1) is 0 Å². The van der Waals surface area contributed by atoms with Crippen molar-refractivity contribution in [2.24, 2.45) is 9.98 Å². The Hall–Kier alpha value is -0.411. The second-order valence-electron chi connectivity index (χ2n) is 2.74. The fourth-order valence-electron chi connectivity index (χ4n) is 0.982. The molecule has 0 aliphatic heterocycles. The zero-order chi connectivity index (χ0) is 10.2. The van der Waals surface area contributed by atoms with E-state index in [1.54, 1.807) is 12.4 Å². The predicted octanol–water partition coefficient (Wildman–Crippen LogP) is -4.04. The Kier molecular flexibility index (Phi) is 17.5. The van der Waals surface area contributed by atoms with E-state index in [4.69, 9.17) is 0 Å². The van der Waals surface area contributed by atoms with E-state index < -0.39 is 0 Å². The number of aromatic nitrogens is 1. The van der Waals surface area contributed by atoms with Crippen molar-refractivity contribution in [2.75, 3.05) is 13.1 Å². The number of hydrogen-bond donors (Lipinski definition) is 0. The van der Waals surface area contributed by atoms with Crippen LogP contribution in [0, 0.1) is 0 Å². The van der Waals surface area contributed by atoms with Gasteiger partial charge in [0.15, 0.2) is 0 Å². The van der Waals surface area contributed by atoms with Crippen molar-refractivity contribution < 1.29 is 41.9 Å². The fraction of sp³-hybridized carbons (Fsp3) is 0.364. The van der Waals surface area contributed by atoms with Gasteiger partial charge in [0.1, 0.15) is 0 Å². The largest absolute Gasteiger partial charge is 2.00 e. The zero-order valence-corrected chi connectivity index (χ0v) is 12.4. The monoisotopic (exact) mass is 315 g/mol. The third-order valence-corrected chi connectivity index (χ3v) is 1.60. The van der Waals surface area contributed by atoms with Crippen LogP contribution in [-0.4, -0.2) is 30.5 Å². The van der Waals surface area contributed by atoms with Gasteiger partial charge in [-0.05, 0) is 26.0 Å². The number of aliphatic imine (C=N–C) groups is 2. The molecule has 0 aromatic carbocycles. The van der Waals surface area contributed by atoms with Crippen LogP contribution in [0.1, 0.15) is 25.2 Å². The number of hydrogen-bond acceptors (Lipinski definition) is 3. The van der Waals surface area contributed by atoms with Gasteiger partial charge in [0.25, 0.3) is 0 Å². The SMILES string of the molecule is CCN=Cc1cccc(C=NCC)n1.[Cl-].[Cl-].[Fe+2]. The van der Waals surface area contributed by atoms with Crippen LogP contribution in [0.5, 0.6) is 0 Å². The van der Waals surface area contributed by atoms with Crippen molar-refractivity contribution >= 4 is 12.4 Å². The molecule has 0 amide bonds. The fourth-order valence-corrected chi connectivity index (χ4v) is 0.982. The van der Waals surface area contributed by atoms with Crippen LogP contribution in [0.2, 0.25) is 0 Å². The minimum atomic E-state index is 0. The van der Waals surface area contributed by atoms with Crippen molar-refractivity contribution in [2.45, 2.75) is 13.8 Å². The molecule has 0 atom stereocenters. The van der Waals surface area contributed by atoms with E-state index in [0.717, 1.165) is 24.5 Å². The number of rotatable bonds is 4. The number of halogens is 2. The molecular formula is C11H15Cl2FeN3. The molecule has 0 saturated carbocycles. The predicted molar refractivity (Wildman–Crippen MR) is 60.5 cm³/mol. The van der Waals surface area contributed by atoms with Gasteiger partial charge in [0.2, 0.25) is 0 Å². The molecule has 1 heterocycles. The summed E-state index contributed by atoms with van der Waals surface area (Å²) < 4.78 is 0. The van der Waals surface area contributed by atoms with Crippen LogP contribution in [0.15, 0.2) is 28.2 Å². The second kappa shape index (κ2) is 13.7. The van der Waals surface area contributed by atoms with Crippen molar-refractivity contribution in [1.82, 2.24) is 4.98 Å². The molecule has 6 heteroatoms. The van der Waals surface area contributed by atoms with Gasteiger partial charge in [0, 0.05) is 25.5 Å². The molecule has 1 aromatic rings. The molecule has 0 bridgehead atoms. The van der Waals surface area contributed by atoms with Gasteiger partial charge in [-0.25, -0.2) is 4.98 Å². The van der Waals surface area contributed by atoms with Crippen LogP contribution >= 0.6 is 0 Å². The van der Waals surface area contributed by atoms with Crippen molar-refractivity contribution in [3.05, 3.63) is 29.6 Å². The van der Waals surface area contributed by atoms with E-state index in [0.29, 0.717) is 0 Å². The molecule has 3 nitrogen and oxygen atoms in total. The molecule has 0 radical (unpaired) electrons. The first-order chi connectivity index (χ1) is 6.86. The number of pyridine rings is 1. The summed E-state index contributed by atoms with van der Waals surface area (Å²) >= 11 is 0. The van der Waals surface area contributed by atoms with E-state index in [1.165, 1.54) is 0 Å². The zero-order valence-electron chi connectivity index (χ0n) is 9.75. The summed E-state index contributed by atoms with van der Waals surface area (Å²) in [5.74, 6) is 0. The first-order valence-electron chi connectivity index (χ1n) is 4.83. The van der Waals surface area contributed by atoms with E-state index in [-0.39, 0.29) is 41.9 Å². The van der Waals surface area contributed by atoms with Crippen molar-refractivity contribution in [3.8, 4) is 0 Å². The van der Waals surface area contributed by atoms with Crippen LogP contribution in [0.4, 0.5) is 0 Å². The van der Waals surface area contributed by atoms with E-state index in [9.17, 15) is 0 Å². The molecule has 0 fully saturated rings. The maximum atomic E-state index is 4.35. The van der Waals surface area contributed by atoms with Crippen molar-refractivity contribution in [1.29, 1.82) is 0 Å². The average Bonchev–Trinajstić information content (AvgIpc) is 2.24. The van der Waals surface area contributed by atoms with E-state index >= 15 is 0 Å². The van der Waals surface area contributed by atoms with Crippen molar-refractivity contribution in [3.63, 3.8) is 0 Å². The van der Waals surface area contributed by atoms with Gasteiger partial charge in [-0.2, -0.15) is 0 Å². The maximum absolute atomic E-state index is 4.35. The molecular weight excluding hydrogens is 301 g/mol. The van der Waals surface area contributed by atoms with Gasteiger partial charge >= 0.3 is 17.1 Å². The third kappa shape index (κ3) is 9.31. The second-order valence-corrected chi connectivity index (χ2v) is 2.74. The summed E-state index contributed by atoms with van der Waals surface area (Å²) in [4.78, 5) is 12.6. The molecule has 0 unspecified atom stereocenters. The van der Waals surface area contributed by atoms with Gasteiger partial charge in [0.05, 0.1) is 11.4 Å². The standard InChI is InChI=1S/C11H15N3.2ClH.Fe/c1-3-12-8-10-6-5-7-11(14-10)9-13-4-2;;;/h5-9H,3-4H2,1-2H3;2*1H;/q;;;+2/p-2. The van der Waals surface area contributed by atoms with Gasteiger partial charge in [-0.1, -0.05) is 6.07 Å². The molecule has 1 rings (SSSR count). The van der Waals surface area contributed by atoms with Gasteiger partial charge < -0.3 is 24.8 Å². The minimum Gasteiger partial charge on any atom is -1.00 e. The van der Waals surface area contributed by atoms with E-state index in [1.807, 2.05) is 32.0 Å². The third-order valence-electron chi connectivity index (χ3n) is 1.60.